The molecule has 0 spiro atoms. The smallest absolute Gasteiger partial charge is 0.107 e. The van der Waals surface area contributed by atoms with Gasteiger partial charge in [-0.25, -0.2) is 4.68 Å². The van der Waals surface area contributed by atoms with Crippen LogP contribution in [0.1, 0.15) is 28.4 Å². The lowest BCUT2D eigenvalue weighted by Gasteiger charge is -2.11. The Morgan fingerprint density at radius 2 is 1.71 bits per heavy atom. The summed E-state index contributed by atoms with van der Waals surface area (Å²) in [5, 5.41) is 14.8. The predicted octanol–water partition coefficient (Wildman–Crippen LogP) is 3.57. The topological polar surface area (TPSA) is 38.1 Å². The zero-order chi connectivity index (χ0) is 14.8. The van der Waals surface area contributed by atoms with E-state index in [-0.39, 0.29) is 0 Å². The van der Waals surface area contributed by atoms with Crippen LogP contribution in [0.25, 0.3) is 5.69 Å². The monoisotopic (exact) mass is 278 g/mol. The van der Waals surface area contributed by atoms with Crippen molar-refractivity contribution < 1.29 is 5.11 Å². The zero-order valence-electron chi connectivity index (χ0n) is 12.2. The number of aromatic nitrogens is 2. The minimum absolute atomic E-state index is 0.651. The Bertz CT molecular complexity index is 747. The third kappa shape index (κ3) is 2.73. The van der Waals surface area contributed by atoms with Crippen LogP contribution in [-0.2, 0) is 0 Å². The lowest BCUT2D eigenvalue weighted by atomic mass is 10.00. The summed E-state index contributed by atoms with van der Waals surface area (Å²) in [5.74, 6) is 0. The van der Waals surface area contributed by atoms with Crippen LogP contribution in [-0.4, -0.2) is 14.9 Å². The summed E-state index contributed by atoms with van der Waals surface area (Å²) < 4.78 is 1.78. The molecular weight excluding hydrogens is 260 g/mol. The highest BCUT2D eigenvalue weighted by Crippen LogP contribution is 2.24. The first-order chi connectivity index (χ1) is 10.1. The van der Waals surface area contributed by atoms with Crippen LogP contribution in [0.15, 0.2) is 60.9 Å². The van der Waals surface area contributed by atoms with Crippen molar-refractivity contribution in [2.75, 3.05) is 0 Å². The van der Waals surface area contributed by atoms with Crippen molar-refractivity contribution in [2.45, 2.75) is 20.0 Å². The SMILES string of the molecule is Cc1ccc(C(O)c2cnn(-c3ccccc3)c2)cc1C. The Hall–Kier alpha value is -2.39. The maximum Gasteiger partial charge on any atom is 0.107 e. The zero-order valence-corrected chi connectivity index (χ0v) is 12.2. The number of rotatable bonds is 3. The van der Waals surface area contributed by atoms with Crippen molar-refractivity contribution in [1.82, 2.24) is 9.78 Å². The van der Waals surface area contributed by atoms with Gasteiger partial charge in [-0.05, 0) is 42.7 Å². The van der Waals surface area contributed by atoms with Crippen LogP contribution in [0.5, 0.6) is 0 Å². The molecule has 3 rings (SSSR count). The van der Waals surface area contributed by atoms with Gasteiger partial charge in [0.15, 0.2) is 0 Å². The molecule has 1 N–H and O–H groups in total. The van der Waals surface area contributed by atoms with Gasteiger partial charge in [-0.3, -0.25) is 0 Å². The number of para-hydroxylation sites is 1. The van der Waals surface area contributed by atoms with E-state index < -0.39 is 6.10 Å². The first-order valence-electron chi connectivity index (χ1n) is 7.00. The Labute approximate surface area is 124 Å². The molecule has 0 aliphatic heterocycles. The molecular formula is C18H18N2O. The lowest BCUT2D eigenvalue weighted by Crippen LogP contribution is -1.99. The van der Waals surface area contributed by atoms with E-state index >= 15 is 0 Å². The minimum atomic E-state index is -0.651. The van der Waals surface area contributed by atoms with Gasteiger partial charge in [0.05, 0.1) is 11.9 Å². The number of aliphatic hydroxyl groups is 1. The number of aliphatic hydroxyl groups excluding tert-OH is 1. The molecule has 1 heterocycles. The average Bonchev–Trinajstić information content (AvgIpc) is 3.00. The van der Waals surface area contributed by atoms with Gasteiger partial charge in [0.1, 0.15) is 6.10 Å². The molecule has 1 aromatic heterocycles. The number of nitrogens with zero attached hydrogens (tertiary/aromatic N) is 2. The summed E-state index contributed by atoms with van der Waals surface area (Å²) in [4.78, 5) is 0. The van der Waals surface area contributed by atoms with Gasteiger partial charge in [-0.2, -0.15) is 5.10 Å². The van der Waals surface area contributed by atoms with E-state index in [2.05, 4.69) is 18.9 Å². The van der Waals surface area contributed by atoms with Gasteiger partial charge in [-0.1, -0.05) is 36.4 Å². The van der Waals surface area contributed by atoms with Crippen molar-refractivity contribution >= 4 is 0 Å². The molecule has 1 atom stereocenters. The van der Waals surface area contributed by atoms with Crippen molar-refractivity contribution in [3.8, 4) is 5.69 Å². The number of hydrogen-bond acceptors (Lipinski definition) is 2. The molecule has 0 saturated carbocycles. The van der Waals surface area contributed by atoms with Crippen molar-refractivity contribution in [1.29, 1.82) is 0 Å². The van der Waals surface area contributed by atoms with E-state index in [0.717, 1.165) is 16.8 Å². The summed E-state index contributed by atoms with van der Waals surface area (Å²) in [6, 6.07) is 15.9. The standard InChI is InChI=1S/C18H18N2O/c1-13-8-9-15(10-14(13)2)18(21)16-11-19-20(12-16)17-6-4-3-5-7-17/h3-12,18,21H,1-2H3. The van der Waals surface area contributed by atoms with Gasteiger partial charge in [0, 0.05) is 11.8 Å². The molecule has 1 unspecified atom stereocenters. The first-order valence-corrected chi connectivity index (χ1v) is 7.00. The van der Waals surface area contributed by atoms with Crippen LogP contribution < -0.4 is 0 Å². The molecule has 0 aliphatic carbocycles. The first kappa shape index (κ1) is 13.6. The Kier molecular flexibility index (Phi) is 3.59. The number of aryl methyl sites for hydroxylation is 2. The van der Waals surface area contributed by atoms with Crippen LogP contribution in [0.2, 0.25) is 0 Å². The van der Waals surface area contributed by atoms with Crippen LogP contribution in [0.4, 0.5) is 0 Å². The molecule has 0 radical (unpaired) electrons. The van der Waals surface area contributed by atoms with Crippen molar-refractivity contribution in [3.63, 3.8) is 0 Å². The second-order valence-corrected chi connectivity index (χ2v) is 5.30. The van der Waals surface area contributed by atoms with Crippen LogP contribution in [0, 0.1) is 13.8 Å². The Balaban J connectivity index is 1.90. The summed E-state index contributed by atoms with van der Waals surface area (Å²) in [7, 11) is 0. The second-order valence-electron chi connectivity index (χ2n) is 5.30. The van der Waals surface area contributed by atoms with Gasteiger partial charge in [0.2, 0.25) is 0 Å². The molecule has 2 aromatic carbocycles. The lowest BCUT2D eigenvalue weighted by molar-refractivity contribution is 0.220. The average molecular weight is 278 g/mol. The molecule has 0 fully saturated rings. The quantitative estimate of drug-likeness (QED) is 0.795. The molecule has 106 valence electrons. The van der Waals surface area contributed by atoms with Gasteiger partial charge in [-0.15, -0.1) is 0 Å². The largest absolute Gasteiger partial charge is 0.384 e. The van der Waals surface area contributed by atoms with Crippen molar-refractivity contribution in [3.05, 3.63) is 83.2 Å². The highest BCUT2D eigenvalue weighted by Gasteiger charge is 2.13. The van der Waals surface area contributed by atoms with E-state index in [0.29, 0.717) is 0 Å². The normalized spacial score (nSPS) is 12.3. The van der Waals surface area contributed by atoms with Crippen LogP contribution in [0.3, 0.4) is 0 Å². The van der Waals surface area contributed by atoms with Gasteiger partial charge < -0.3 is 5.11 Å². The Morgan fingerprint density at radius 3 is 2.43 bits per heavy atom. The molecule has 3 nitrogen and oxygen atoms in total. The van der Waals surface area contributed by atoms with Gasteiger partial charge in [0.25, 0.3) is 0 Å². The van der Waals surface area contributed by atoms with Gasteiger partial charge >= 0.3 is 0 Å². The second kappa shape index (κ2) is 5.54. The summed E-state index contributed by atoms with van der Waals surface area (Å²) in [6.45, 7) is 4.12. The number of hydrogen-bond donors (Lipinski definition) is 1. The molecule has 0 saturated heterocycles. The fraction of sp³-hybridized carbons (Fsp3) is 0.167. The van der Waals surface area contributed by atoms with E-state index in [4.69, 9.17) is 0 Å². The van der Waals surface area contributed by atoms with Crippen molar-refractivity contribution in [2.24, 2.45) is 0 Å². The fourth-order valence-corrected chi connectivity index (χ4v) is 2.33. The molecule has 3 aromatic rings. The minimum Gasteiger partial charge on any atom is -0.384 e. The summed E-state index contributed by atoms with van der Waals surface area (Å²) in [5.41, 5.74) is 5.08. The highest BCUT2D eigenvalue weighted by atomic mass is 16.3. The predicted molar refractivity (Wildman–Crippen MR) is 83.5 cm³/mol. The molecule has 3 heteroatoms. The highest BCUT2D eigenvalue weighted by molar-refractivity contribution is 5.36. The number of benzene rings is 2. The Morgan fingerprint density at radius 1 is 0.952 bits per heavy atom. The van der Waals surface area contributed by atoms with E-state index in [1.165, 1.54) is 11.1 Å². The van der Waals surface area contributed by atoms with E-state index in [9.17, 15) is 5.11 Å². The van der Waals surface area contributed by atoms with Crippen LogP contribution >= 0.6 is 0 Å². The summed E-state index contributed by atoms with van der Waals surface area (Å²) >= 11 is 0. The molecule has 0 bridgehead atoms. The maximum atomic E-state index is 10.5. The molecule has 21 heavy (non-hydrogen) atoms. The third-order valence-electron chi connectivity index (χ3n) is 3.79. The maximum absolute atomic E-state index is 10.5. The molecule has 0 aliphatic rings. The third-order valence-corrected chi connectivity index (χ3v) is 3.79. The summed E-state index contributed by atoms with van der Waals surface area (Å²) in [6.07, 6.45) is 2.93. The molecule has 0 amide bonds. The fourth-order valence-electron chi connectivity index (χ4n) is 2.33. The van der Waals surface area contributed by atoms with E-state index in [1.807, 2.05) is 54.7 Å². The van der Waals surface area contributed by atoms with E-state index in [1.54, 1.807) is 10.9 Å².